The summed E-state index contributed by atoms with van der Waals surface area (Å²) in [4.78, 5) is 0.679. The van der Waals surface area contributed by atoms with Crippen LogP contribution in [0.1, 0.15) is 5.69 Å². The van der Waals surface area contributed by atoms with Crippen LogP contribution >= 0.6 is 0 Å². The molecule has 0 aliphatic rings. The molecular formula is C5H7N3O. The number of aromatic nitrogens is 3. The van der Waals surface area contributed by atoms with Gasteiger partial charge >= 0.3 is 0 Å². The van der Waals surface area contributed by atoms with E-state index in [1.54, 1.807) is 6.08 Å². The lowest BCUT2D eigenvalue weighted by Gasteiger charge is -1.79. The van der Waals surface area contributed by atoms with Gasteiger partial charge in [0.25, 0.3) is 0 Å². The molecule has 0 unspecified atom stereocenters. The third-order valence-electron chi connectivity index (χ3n) is 0.883. The van der Waals surface area contributed by atoms with E-state index in [2.05, 4.69) is 16.9 Å². The second kappa shape index (κ2) is 2.30. The molecule has 48 valence electrons. The summed E-state index contributed by atoms with van der Waals surface area (Å²) in [5.74, 6) is 0. The van der Waals surface area contributed by atoms with E-state index >= 15 is 0 Å². The molecule has 1 rings (SSSR count). The summed E-state index contributed by atoms with van der Waals surface area (Å²) in [6.07, 6.45) is 3.77. The topological polar surface area (TPSA) is 50.9 Å². The lowest BCUT2D eigenvalue weighted by molar-refractivity contribution is 0.143. The molecule has 0 aliphatic carbocycles. The van der Waals surface area contributed by atoms with Gasteiger partial charge in [0.2, 0.25) is 0 Å². The Morgan fingerprint density at radius 3 is 3.11 bits per heavy atom. The quantitative estimate of drug-likeness (QED) is 0.455. The van der Waals surface area contributed by atoms with Gasteiger partial charge in [0.15, 0.2) is 0 Å². The molecular weight excluding hydrogens is 118 g/mol. The van der Waals surface area contributed by atoms with Gasteiger partial charge in [-0.15, -0.1) is 11.7 Å². The first-order valence-electron chi connectivity index (χ1n) is 2.54. The Labute approximate surface area is 52.4 Å². The third kappa shape index (κ3) is 1.28. The van der Waals surface area contributed by atoms with E-state index in [9.17, 15) is 0 Å². The SMILES string of the molecule is C=CCc1cn(O)nn1. The molecule has 0 atom stereocenters. The lowest BCUT2D eigenvalue weighted by Crippen LogP contribution is -1.88. The van der Waals surface area contributed by atoms with Crippen molar-refractivity contribution in [2.45, 2.75) is 6.42 Å². The summed E-state index contributed by atoms with van der Waals surface area (Å²) in [5, 5.41) is 15.5. The average molecular weight is 125 g/mol. The number of rotatable bonds is 2. The van der Waals surface area contributed by atoms with Crippen molar-refractivity contribution in [1.29, 1.82) is 0 Å². The van der Waals surface area contributed by atoms with Crippen LogP contribution in [-0.4, -0.2) is 20.4 Å². The maximum Gasteiger partial charge on any atom is 0.0903 e. The third-order valence-corrected chi connectivity index (χ3v) is 0.883. The van der Waals surface area contributed by atoms with Crippen LogP contribution in [0.3, 0.4) is 0 Å². The Morgan fingerprint density at radius 1 is 1.89 bits per heavy atom. The zero-order chi connectivity index (χ0) is 6.69. The smallest absolute Gasteiger partial charge is 0.0903 e. The molecule has 4 nitrogen and oxygen atoms in total. The van der Waals surface area contributed by atoms with Crippen LogP contribution in [0.4, 0.5) is 0 Å². The van der Waals surface area contributed by atoms with Crippen LogP contribution < -0.4 is 0 Å². The monoisotopic (exact) mass is 125 g/mol. The lowest BCUT2D eigenvalue weighted by atomic mass is 10.3. The van der Waals surface area contributed by atoms with Crippen molar-refractivity contribution in [1.82, 2.24) is 15.2 Å². The number of allylic oxidation sites excluding steroid dienone is 1. The Hall–Kier alpha value is -1.32. The molecule has 4 heteroatoms. The molecule has 0 spiro atoms. The van der Waals surface area contributed by atoms with Crippen molar-refractivity contribution in [2.75, 3.05) is 0 Å². The molecule has 0 amide bonds. The molecule has 0 bridgehead atoms. The van der Waals surface area contributed by atoms with Gasteiger partial charge in [-0.25, -0.2) is 0 Å². The van der Waals surface area contributed by atoms with Crippen LogP contribution in [0.5, 0.6) is 0 Å². The van der Waals surface area contributed by atoms with Crippen molar-refractivity contribution in [3.63, 3.8) is 0 Å². The van der Waals surface area contributed by atoms with Gasteiger partial charge in [-0.05, 0) is 5.21 Å². The first-order chi connectivity index (χ1) is 4.33. The van der Waals surface area contributed by atoms with Gasteiger partial charge in [-0.3, -0.25) is 0 Å². The van der Waals surface area contributed by atoms with E-state index in [4.69, 9.17) is 5.21 Å². The van der Waals surface area contributed by atoms with E-state index in [1.165, 1.54) is 6.20 Å². The van der Waals surface area contributed by atoms with Gasteiger partial charge < -0.3 is 5.21 Å². The van der Waals surface area contributed by atoms with Crippen molar-refractivity contribution in [2.24, 2.45) is 0 Å². The predicted molar refractivity (Wildman–Crippen MR) is 31.1 cm³/mol. The average Bonchev–Trinajstić information content (AvgIpc) is 2.17. The number of hydrogen-bond acceptors (Lipinski definition) is 3. The maximum absolute atomic E-state index is 8.59. The zero-order valence-corrected chi connectivity index (χ0v) is 4.86. The van der Waals surface area contributed by atoms with Crippen LogP contribution in [-0.2, 0) is 6.42 Å². The second-order valence-electron chi connectivity index (χ2n) is 1.62. The van der Waals surface area contributed by atoms with Crippen molar-refractivity contribution >= 4 is 0 Å². The zero-order valence-electron chi connectivity index (χ0n) is 4.86. The van der Waals surface area contributed by atoms with E-state index in [0.717, 1.165) is 0 Å². The molecule has 0 saturated carbocycles. The molecule has 1 N–H and O–H groups in total. The Kier molecular flexibility index (Phi) is 1.48. The Morgan fingerprint density at radius 2 is 2.67 bits per heavy atom. The minimum atomic E-state index is 0.639. The van der Waals surface area contributed by atoms with Gasteiger partial charge in [0, 0.05) is 6.42 Å². The summed E-state index contributed by atoms with van der Waals surface area (Å²) in [7, 11) is 0. The normalized spacial score (nSPS) is 9.33. The summed E-state index contributed by atoms with van der Waals surface area (Å²) >= 11 is 0. The highest BCUT2D eigenvalue weighted by atomic mass is 16.5. The molecule has 1 aromatic heterocycles. The van der Waals surface area contributed by atoms with Gasteiger partial charge in [-0.2, -0.15) is 0 Å². The first-order valence-corrected chi connectivity index (χ1v) is 2.54. The van der Waals surface area contributed by atoms with Crippen LogP contribution in [0.2, 0.25) is 0 Å². The summed E-state index contributed by atoms with van der Waals surface area (Å²) in [5.41, 5.74) is 0.715. The van der Waals surface area contributed by atoms with Crippen LogP contribution in [0, 0.1) is 0 Å². The fourth-order valence-corrected chi connectivity index (χ4v) is 0.530. The highest BCUT2D eigenvalue weighted by molar-refractivity contribution is 4.96. The summed E-state index contributed by atoms with van der Waals surface area (Å²) < 4.78 is 0. The largest absolute Gasteiger partial charge is 0.411 e. The van der Waals surface area contributed by atoms with Gasteiger partial charge in [0.05, 0.1) is 11.9 Å². The molecule has 9 heavy (non-hydrogen) atoms. The fourth-order valence-electron chi connectivity index (χ4n) is 0.530. The summed E-state index contributed by atoms with van der Waals surface area (Å²) in [6.45, 7) is 3.51. The molecule has 0 radical (unpaired) electrons. The maximum atomic E-state index is 8.59. The highest BCUT2D eigenvalue weighted by Gasteiger charge is 1.93. The standard InChI is InChI=1S/C5H7N3O/c1-2-3-5-4-8(9)7-6-5/h2,4,9H,1,3H2. The first kappa shape index (κ1) is 5.81. The van der Waals surface area contributed by atoms with Crippen LogP contribution in [0.15, 0.2) is 18.9 Å². The van der Waals surface area contributed by atoms with E-state index in [-0.39, 0.29) is 0 Å². The van der Waals surface area contributed by atoms with E-state index < -0.39 is 0 Å². The molecule has 1 heterocycles. The second-order valence-corrected chi connectivity index (χ2v) is 1.62. The van der Waals surface area contributed by atoms with Crippen molar-refractivity contribution in [3.05, 3.63) is 24.5 Å². The van der Waals surface area contributed by atoms with Crippen molar-refractivity contribution < 1.29 is 5.21 Å². The van der Waals surface area contributed by atoms with Gasteiger partial charge in [0.1, 0.15) is 0 Å². The molecule has 0 aliphatic heterocycles. The molecule has 0 aromatic carbocycles. The molecule has 1 aromatic rings. The molecule has 0 saturated heterocycles. The number of hydrogen-bond donors (Lipinski definition) is 1. The van der Waals surface area contributed by atoms with Crippen LogP contribution in [0.25, 0.3) is 0 Å². The molecule has 0 fully saturated rings. The number of nitrogens with zero attached hydrogens (tertiary/aromatic N) is 3. The van der Waals surface area contributed by atoms with E-state index in [1.807, 2.05) is 0 Å². The Bertz CT molecular complexity index is 206. The van der Waals surface area contributed by atoms with Crippen molar-refractivity contribution in [3.8, 4) is 0 Å². The summed E-state index contributed by atoms with van der Waals surface area (Å²) in [6, 6.07) is 0. The minimum absolute atomic E-state index is 0.639. The predicted octanol–water partition coefficient (Wildman–Crippen LogP) is 0.244. The minimum Gasteiger partial charge on any atom is -0.411 e. The highest BCUT2D eigenvalue weighted by Crippen LogP contribution is 1.91. The van der Waals surface area contributed by atoms with E-state index in [0.29, 0.717) is 17.0 Å². The fraction of sp³-hybridized carbons (Fsp3) is 0.200. The van der Waals surface area contributed by atoms with Gasteiger partial charge in [-0.1, -0.05) is 10.9 Å². The Balaban J connectivity index is 2.72.